The minimum absolute atomic E-state index is 0.213. The Kier molecular flexibility index (Phi) is 2.89. The molecule has 15 heavy (non-hydrogen) atoms. The van der Waals surface area contributed by atoms with Gasteiger partial charge < -0.3 is 10.6 Å². The first-order valence-electron chi connectivity index (χ1n) is 6.23. The van der Waals surface area contributed by atoms with Crippen LogP contribution < -0.4 is 5.73 Å². The molecule has 86 valence electrons. The largest absolute Gasteiger partial charge is 0.370 e. The molecule has 3 nitrogen and oxygen atoms in total. The zero-order valence-corrected chi connectivity index (χ0v) is 10.00. The Morgan fingerprint density at radius 2 is 2.27 bits per heavy atom. The van der Waals surface area contributed by atoms with Gasteiger partial charge in [-0.05, 0) is 25.7 Å². The molecular formula is C12H23N3. The van der Waals surface area contributed by atoms with E-state index in [9.17, 15) is 0 Å². The molecule has 0 bridgehead atoms. The van der Waals surface area contributed by atoms with Crippen LogP contribution in [0.3, 0.4) is 0 Å². The van der Waals surface area contributed by atoms with Crippen LogP contribution in [0.4, 0.5) is 0 Å². The van der Waals surface area contributed by atoms with E-state index in [0.29, 0.717) is 0 Å². The molecule has 0 aromatic rings. The Bertz CT molecular complexity index is 258. The van der Waals surface area contributed by atoms with E-state index < -0.39 is 0 Å². The van der Waals surface area contributed by atoms with E-state index in [0.717, 1.165) is 31.4 Å². The normalized spacial score (nSPS) is 31.6. The van der Waals surface area contributed by atoms with E-state index in [1.807, 2.05) is 0 Å². The van der Waals surface area contributed by atoms with Crippen molar-refractivity contribution in [1.82, 2.24) is 4.90 Å². The Balaban J connectivity index is 1.99. The van der Waals surface area contributed by atoms with Crippen LogP contribution >= 0.6 is 0 Å². The predicted octanol–water partition coefficient (Wildman–Crippen LogP) is 1.98. The first-order chi connectivity index (χ1) is 7.15. The van der Waals surface area contributed by atoms with Crippen molar-refractivity contribution >= 4 is 5.96 Å². The van der Waals surface area contributed by atoms with Crippen LogP contribution in [0.5, 0.6) is 0 Å². The molecule has 2 N–H and O–H groups in total. The van der Waals surface area contributed by atoms with Crippen molar-refractivity contribution in [2.75, 3.05) is 13.1 Å². The number of hydrogen-bond donors (Lipinski definition) is 1. The summed E-state index contributed by atoms with van der Waals surface area (Å²) in [5, 5.41) is 0. The molecule has 0 radical (unpaired) electrons. The quantitative estimate of drug-likeness (QED) is 0.769. The molecule has 2 rings (SSSR count). The van der Waals surface area contributed by atoms with Gasteiger partial charge >= 0.3 is 0 Å². The number of hydrogen-bond acceptors (Lipinski definition) is 3. The van der Waals surface area contributed by atoms with Gasteiger partial charge in [-0.1, -0.05) is 26.2 Å². The van der Waals surface area contributed by atoms with Gasteiger partial charge in [0.1, 0.15) is 0 Å². The number of nitrogens with two attached hydrogens (primary N) is 1. The van der Waals surface area contributed by atoms with Gasteiger partial charge in [-0.3, -0.25) is 4.99 Å². The molecule has 1 saturated carbocycles. The van der Waals surface area contributed by atoms with E-state index >= 15 is 0 Å². The van der Waals surface area contributed by atoms with Crippen LogP contribution in [0.25, 0.3) is 0 Å². The molecule has 3 heteroatoms. The van der Waals surface area contributed by atoms with Crippen LogP contribution in [0.2, 0.25) is 0 Å². The van der Waals surface area contributed by atoms with Crippen LogP contribution in [0.1, 0.15) is 46.0 Å². The Morgan fingerprint density at radius 3 is 2.80 bits per heavy atom. The molecule has 0 aromatic heterocycles. The first kappa shape index (κ1) is 10.8. The van der Waals surface area contributed by atoms with E-state index in [4.69, 9.17) is 5.73 Å². The van der Waals surface area contributed by atoms with Crippen molar-refractivity contribution < 1.29 is 0 Å². The topological polar surface area (TPSA) is 41.6 Å². The molecule has 0 amide bonds. The number of aliphatic imine (C=N–C) groups is 1. The minimum atomic E-state index is 0.213. The third-order valence-electron chi connectivity index (χ3n) is 3.91. The van der Waals surface area contributed by atoms with Gasteiger partial charge in [-0.15, -0.1) is 0 Å². The molecule has 1 atom stereocenters. The summed E-state index contributed by atoms with van der Waals surface area (Å²) in [6, 6.07) is 0. The second kappa shape index (κ2) is 4.03. The summed E-state index contributed by atoms with van der Waals surface area (Å²) < 4.78 is 0. The van der Waals surface area contributed by atoms with Crippen molar-refractivity contribution in [3.05, 3.63) is 0 Å². The summed E-state index contributed by atoms with van der Waals surface area (Å²) in [6.07, 6.45) is 6.67. The summed E-state index contributed by atoms with van der Waals surface area (Å²) in [5.41, 5.74) is 6.17. The third-order valence-corrected chi connectivity index (χ3v) is 3.91. The Hall–Kier alpha value is -0.730. The lowest BCUT2D eigenvalue weighted by Crippen LogP contribution is -2.51. The van der Waals surface area contributed by atoms with Gasteiger partial charge in [0.05, 0.1) is 12.1 Å². The first-order valence-corrected chi connectivity index (χ1v) is 6.23. The van der Waals surface area contributed by atoms with Crippen molar-refractivity contribution in [3.8, 4) is 0 Å². The van der Waals surface area contributed by atoms with Gasteiger partial charge in [0.25, 0.3) is 0 Å². The molecule has 1 fully saturated rings. The van der Waals surface area contributed by atoms with E-state index in [1.54, 1.807) is 0 Å². The standard InChI is InChI=1S/C12H23N3/c1-3-7-15-11(13)14-9-12(15,2)8-10-5-4-6-10/h10H,3-9H2,1-2H3,(H2,13,14). The van der Waals surface area contributed by atoms with E-state index in [-0.39, 0.29) is 5.54 Å². The molecule has 1 heterocycles. The summed E-state index contributed by atoms with van der Waals surface area (Å²) >= 11 is 0. The van der Waals surface area contributed by atoms with Crippen LogP contribution in [0.15, 0.2) is 4.99 Å². The van der Waals surface area contributed by atoms with Gasteiger partial charge in [0, 0.05) is 6.54 Å². The maximum atomic E-state index is 5.95. The van der Waals surface area contributed by atoms with Crippen LogP contribution in [0, 0.1) is 5.92 Å². The molecule has 1 aliphatic carbocycles. The number of rotatable bonds is 4. The van der Waals surface area contributed by atoms with Crippen LogP contribution in [-0.4, -0.2) is 29.5 Å². The smallest absolute Gasteiger partial charge is 0.191 e. The third kappa shape index (κ3) is 1.97. The highest BCUT2D eigenvalue weighted by atomic mass is 15.3. The molecule has 2 aliphatic rings. The monoisotopic (exact) mass is 209 g/mol. The Labute approximate surface area is 92.7 Å². The zero-order valence-electron chi connectivity index (χ0n) is 10.00. The van der Waals surface area contributed by atoms with Crippen molar-refractivity contribution in [2.45, 2.75) is 51.5 Å². The summed E-state index contributed by atoms with van der Waals surface area (Å²) in [6.45, 7) is 6.48. The molecule has 0 aromatic carbocycles. The predicted molar refractivity (Wildman–Crippen MR) is 63.8 cm³/mol. The summed E-state index contributed by atoms with van der Waals surface area (Å²) in [7, 11) is 0. The summed E-state index contributed by atoms with van der Waals surface area (Å²) in [4.78, 5) is 6.75. The second-order valence-corrected chi connectivity index (χ2v) is 5.32. The number of nitrogens with zero attached hydrogens (tertiary/aromatic N) is 2. The molecule has 1 unspecified atom stereocenters. The van der Waals surface area contributed by atoms with Crippen molar-refractivity contribution in [3.63, 3.8) is 0 Å². The fraction of sp³-hybridized carbons (Fsp3) is 0.917. The molecule has 0 spiro atoms. The van der Waals surface area contributed by atoms with Gasteiger partial charge in [0.15, 0.2) is 5.96 Å². The molecule has 1 aliphatic heterocycles. The molecular weight excluding hydrogens is 186 g/mol. The average molecular weight is 209 g/mol. The molecule has 0 saturated heterocycles. The van der Waals surface area contributed by atoms with Crippen molar-refractivity contribution in [2.24, 2.45) is 16.6 Å². The van der Waals surface area contributed by atoms with Crippen LogP contribution in [-0.2, 0) is 0 Å². The zero-order chi connectivity index (χ0) is 10.9. The SMILES string of the molecule is CCCN1C(N)=NCC1(C)CC1CCC1. The fourth-order valence-corrected chi connectivity index (χ4v) is 2.80. The van der Waals surface area contributed by atoms with E-state index in [2.05, 4.69) is 23.7 Å². The maximum absolute atomic E-state index is 5.95. The highest BCUT2D eigenvalue weighted by Crippen LogP contribution is 2.37. The highest BCUT2D eigenvalue weighted by Gasteiger charge is 2.40. The minimum Gasteiger partial charge on any atom is -0.370 e. The highest BCUT2D eigenvalue weighted by molar-refractivity contribution is 5.80. The van der Waals surface area contributed by atoms with Gasteiger partial charge in [-0.25, -0.2) is 0 Å². The maximum Gasteiger partial charge on any atom is 0.191 e. The lowest BCUT2D eigenvalue weighted by atomic mass is 9.76. The second-order valence-electron chi connectivity index (χ2n) is 5.32. The van der Waals surface area contributed by atoms with E-state index in [1.165, 1.54) is 25.7 Å². The van der Waals surface area contributed by atoms with Crippen molar-refractivity contribution in [1.29, 1.82) is 0 Å². The Morgan fingerprint density at radius 1 is 1.53 bits per heavy atom. The van der Waals surface area contributed by atoms with Gasteiger partial charge in [0.2, 0.25) is 0 Å². The lowest BCUT2D eigenvalue weighted by molar-refractivity contribution is 0.142. The van der Waals surface area contributed by atoms with Gasteiger partial charge in [-0.2, -0.15) is 0 Å². The average Bonchev–Trinajstić information content (AvgIpc) is 2.41. The lowest BCUT2D eigenvalue weighted by Gasteiger charge is -2.41. The fourth-order valence-electron chi connectivity index (χ4n) is 2.80. The number of guanidine groups is 1. The summed E-state index contributed by atoms with van der Waals surface area (Å²) in [5.74, 6) is 1.69.